The van der Waals surface area contributed by atoms with Crippen LogP contribution in [0.3, 0.4) is 0 Å². The van der Waals surface area contributed by atoms with Crippen LogP contribution in [0.25, 0.3) is 16.9 Å². The van der Waals surface area contributed by atoms with Gasteiger partial charge in [0.1, 0.15) is 0 Å². The van der Waals surface area contributed by atoms with Crippen molar-refractivity contribution in [3.05, 3.63) is 35.7 Å². The van der Waals surface area contributed by atoms with Gasteiger partial charge in [-0.1, -0.05) is 5.21 Å². The highest BCUT2D eigenvalue weighted by Gasteiger charge is 2.20. The molecule has 1 aliphatic heterocycles. The van der Waals surface area contributed by atoms with Crippen molar-refractivity contribution >= 4 is 28.5 Å². The Labute approximate surface area is 131 Å². The molecule has 4 rings (SSSR count). The lowest BCUT2D eigenvalue weighted by molar-refractivity contribution is 0.198. The van der Waals surface area contributed by atoms with E-state index in [9.17, 15) is 5.11 Å². The van der Waals surface area contributed by atoms with Crippen molar-refractivity contribution in [3.63, 3.8) is 0 Å². The summed E-state index contributed by atoms with van der Waals surface area (Å²) in [5.74, 6) is 0. The van der Waals surface area contributed by atoms with Crippen LogP contribution in [0.15, 0.2) is 30.5 Å². The molecule has 7 nitrogen and oxygen atoms in total. The summed E-state index contributed by atoms with van der Waals surface area (Å²) < 4.78 is 1.63. The molecule has 1 fully saturated rings. The smallest absolute Gasteiger partial charge is 0.224 e. The van der Waals surface area contributed by atoms with Crippen LogP contribution in [0.1, 0.15) is 6.42 Å². The minimum Gasteiger partial charge on any atom is -0.391 e. The van der Waals surface area contributed by atoms with Gasteiger partial charge in [-0.3, -0.25) is 0 Å². The number of anilines is 1. The number of hydrogen-bond acceptors (Lipinski definition) is 6. The minimum atomic E-state index is -0.238. The zero-order chi connectivity index (χ0) is 15.1. The van der Waals surface area contributed by atoms with Crippen LogP contribution < -0.4 is 4.90 Å². The molecule has 0 spiro atoms. The van der Waals surface area contributed by atoms with E-state index in [1.807, 2.05) is 24.3 Å². The maximum atomic E-state index is 9.62. The van der Waals surface area contributed by atoms with Gasteiger partial charge in [-0.25, -0.2) is 4.98 Å². The fourth-order valence-electron chi connectivity index (χ4n) is 2.66. The average Bonchev–Trinajstić information content (AvgIpc) is 3.13. The van der Waals surface area contributed by atoms with Gasteiger partial charge < -0.3 is 10.0 Å². The number of rotatable bonds is 2. The van der Waals surface area contributed by atoms with Crippen molar-refractivity contribution in [2.24, 2.45) is 0 Å². The molecule has 0 radical (unpaired) electrons. The summed E-state index contributed by atoms with van der Waals surface area (Å²) in [6.07, 6.45) is 2.12. The number of aliphatic hydroxyl groups excluding tert-OH is 1. The molecule has 0 saturated carbocycles. The van der Waals surface area contributed by atoms with Gasteiger partial charge in [0, 0.05) is 18.8 Å². The molecule has 8 heteroatoms. The molecule has 1 saturated heterocycles. The van der Waals surface area contributed by atoms with Crippen LogP contribution in [-0.2, 0) is 0 Å². The van der Waals surface area contributed by atoms with Gasteiger partial charge in [0.2, 0.25) is 5.28 Å². The third-order valence-corrected chi connectivity index (χ3v) is 3.97. The number of aromatic nitrogens is 5. The Morgan fingerprint density at radius 1 is 1.18 bits per heavy atom. The molecule has 22 heavy (non-hydrogen) atoms. The number of aliphatic hydroxyl groups is 1. The Balaban J connectivity index is 1.68. The average molecular weight is 317 g/mol. The number of nitrogens with zero attached hydrogens (tertiary/aromatic N) is 6. The van der Waals surface area contributed by atoms with Gasteiger partial charge >= 0.3 is 0 Å². The molecule has 3 aromatic rings. The van der Waals surface area contributed by atoms with Gasteiger partial charge in [-0.2, -0.15) is 9.67 Å². The first-order valence-electron chi connectivity index (χ1n) is 6.98. The summed E-state index contributed by atoms with van der Waals surface area (Å²) >= 11 is 5.84. The predicted octanol–water partition coefficient (Wildman–Crippen LogP) is 1.43. The van der Waals surface area contributed by atoms with Gasteiger partial charge in [-0.05, 0) is 42.3 Å². The zero-order valence-corrected chi connectivity index (χ0v) is 12.3. The second kappa shape index (κ2) is 5.19. The second-order valence-corrected chi connectivity index (χ2v) is 5.59. The number of benzene rings is 1. The van der Waals surface area contributed by atoms with Crippen LogP contribution in [0.5, 0.6) is 0 Å². The van der Waals surface area contributed by atoms with Crippen LogP contribution in [-0.4, -0.2) is 49.3 Å². The van der Waals surface area contributed by atoms with E-state index in [0.717, 1.165) is 24.3 Å². The fraction of sp³-hybridized carbons (Fsp3) is 0.286. The monoisotopic (exact) mass is 316 g/mol. The number of fused-ring (bicyclic) bond motifs is 1. The normalized spacial score (nSPS) is 18.3. The summed E-state index contributed by atoms with van der Waals surface area (Å²) in [5, 5.41) is 17.9. The lowest BCUT2D eigenvalue weighted by Crippen LogP contribution is -2.20. The molecular weight excluding hydrogens is 304 g/mol. The van der Waals surface area contributed by atoms with Crippen LogP contribution in [0.4, 0.5) is 5.69 Å². The third-order valence-electron chi connectivity index (χ3n) is 3.79. The predicted molar refractivity (Wildman–Crippen MR) is 82.3 cm³/mol. The first-order chi connectivity index (χ1) is 10.7. The molecular formula is C14H13ClN6O. The molecule has 1 N–H and O–H groups in total. The molecule has 1 aromatic carbocycles. The van der Waals surface area contributed by atoms with Crippen molar-refractivity contribution in [1.82, 2.24) is 25.0 Å². The van der Waals surface area contributed by atoms with E-state index in [0.29, 0.717) is 17.7 Å². The maximum Gasteiger partial charge on any atom is 0.224 e. The summed E-state index contributed by atoms with van der Waals surface area (Å²) in [4.78, 5) is 10.2. The molecule has 0 amide bonds. The Morgan fingerprint density at radius 3 is 2.68 bits per heavy atom. The molecule has 1 aliphatic rings. The van der Waals surface area contributed by atoms with E-state index in [-0.39, 0.29) is 11.4 Å². The van der Waals surface area contributed by atoms with E-state index in [1.54, 1.807) is 10.9 Å². The molecule has 0 aliphatic carbocycles. The Kier molecular flexibility index (Phi) is 3.16. The minimum absolute atomic E-state index is 0.165. The fourth-order valence-corrected chi connectivity index (χ4v) is 2.79. The third kappa shape index (κ3) is 2.28. The molecule has 2 aromatic heterocycles. The highest BCUT2D eigenvalue weighted by atomic mass is 35.5. The van der Waals surface area contributed by atoms with E-state index >= 15 is 0 Å². The Bertz CT molecular complexity index is 818. The molecule has 0 bridgehead atoms. The Morgan fingerprint density at radius 2 is 1.95 bits per heavy atom. The Hall–Kier alpha value is -2.25. The molecule has 3 heterocycles. The lowest BCUT2D eigenvalue weighted by atomic mass is 10.2. The molecule has 112 valence electrons. The lowest BCUT2D eigenvalue weighted by Gasteiger charge is -2.17. The van der Waals surface area contributed by atoms with Gasteiger partial charge in [0.25, 0.3) is 0 Å². The first kappa shape index (κ1) is 13.4. The standard InChI is InChI=1S/C14H13ClN6O/c15-14-16-7-12-13(17-14)21(19-18-12)10-3-1-9(2-4-10)20-6-5-11(22)8-20/h1-4,7,11,22H,5-6,8H2. The van der Waals surface area contributed by atoms with Crippen molar-refractivity contribution in [2.75, 3.05) is 18.0 Å². The highest BCUT2D eigenvalue weighted by molar-refractivity contribution is 6.28. The topological polar surface area (TPSA) is 80.0 Å². The van der Waals surface area contributed by atoms with Crippen LogP contribution in [0, 0.1) is 0 Å². The van der Waals surface area contributed by atoms with Gasteiger partial charge in [-0.15, -0.1) is 5.10 Å². The SMILES string of the molecule is OC1CCN(c2ccc(-n3nnc4cnc(Cl)nc43)cc2)C1. The highest BCUT2D eigenvalue weighted by Crippen LogP contribution is 2.23. The van der Waals surface area contributed by atoms with E-state index < -0.39 is 0 Å². The van der Waals surface area contributed by atoms with E-state index in [4.69, 9.17) is 11.6 Å². The van der Waals surface area contributed by atoms with Gasteiger partial charge in [0.05, 0.1) is 18.0 Å². The van der Waals surface area contributed by atoms with Crippen LogP contribution in [0.2, 0.25) is 5.28 Å². The summed E-state index contributed by atoms with van der Waals surface area (Å²) in [7, 11) is 0. The first-order valence-corrected chi connectivity index (χ1v) is 7.36. The summed E-state index contributed by atoms with van der Waals surface area (Å²) in [6, 6.07) is 7.90. The van der Waals surface area contributed by atoms with Crippen molar-refractivity contribution in [3.8, 4) is 5.69 Å². The summed E-state index contributed by atoms with van der Waals surface area (Å²) in [6.45, 7) is 1.55. The zero-order valence-electron chi connectivity index (χ0n) is 11.6. The van der Waals surface area contributed by atoms with Crippen LogP contribution >= 0.6 is 11.6 Å². The van der Waals surface area contributed by atoms with Crippen molar-refractivity contribution in [1.29, 1.82) is 0 Å². The largest absolute Gasteiger partial charge is 0.391 e. The quantitative estimate of drug-likeness (QED) is 0.721. The van der Waals surface area contributed by atoms with Gasteiger partial charge in [0.15, 0.2) is 11.2 Å². The maximum absolute atomic E-state index is 9.62. The molecule has 1 unspecified atom stereocenters. The number of halogens is 1. The second-order valence-electron chi connectivity index (χ2n) is 5.25. The molecule has 1 atom stereocenters. The number of hydrogen-bond donors (Lipinski definition) is 1. The van der Waals surface area contributed by atoms with E-state index in [2.05, 4.69) is 25.2 Å². The summed E-state index contributed by atoms with van der Waals surface area (Å²) in [5.41, 5.74) is 3.10. The van der Waals surface area contributed by atoms with E-state index in [1.165, 1.54) is 0 Å². The number of β-amino-alcohol motifs (C(OH)–C–C–N with tert-alkyl or cyclic N) is 1. The van der Waals surface area contributed by atoms with Crippen molar-refractivity contribution in [2.45, 2.75) is 12.5 Å². The van der Waals surface area contributed by atoms with Crippen molar-refractivity contribution < 1.29 is 5.11 Å².